The number of hydrogen-bond donors (Lipinski definition) is 1. The number of amides is 1. The molecule has 26 heavy (non-hydrogen) atoms. The molecule has 0 aliphatic rings. The molecule has 0 aliphatic heterocycles. The van der Waals surface area contributed by atoms with Crippen molar-refractivity contribution in [2.45, 2.75) is 6.92 Å². The summed E-state index contributed by atoms with van der Waals surface area (Å²) in [5.41, 5.74) is 1.04. The van der Waals surface area contributed by atoms with Gasteiger partial charge in [-0.15, -0.1) is 0 Å². The number of hydrogen-bond acceptors (Lipinski definition) is 5. The van der Waals surface area contributed by atoms with Crippen molar-refractivity contribution in [2.24, 2.45) is 0 Å². The Morgan fingerprint density at radius 2 is 1.92 bits per heavy atom. The van der Waals surface area contributed by atoms with Crippen LogP contribution in [0.5, 0.6) is 17.2 Å². The van der Waals surface area contributed by atoms with Crippen LogP contribution in [0.1, 0.15) is 12.5 Å². The molecule has 0 heterocycles. The lowest BCUT2D eigenvalue weighted by atomic mass is 10.1. The SMILES string of the molecule is CCOc1ccccc1NC(=O)C(C#N)=Cc1ccc(OC)cc1OC. The first-order chi connectivity index (χ1) is 12.6. The Hall–Kier alpha value is -3.46. The molecule has 2 aromatic rings. The van der Waals surface area contributed by atoms with Gasteiger partial charge in [-0.05, 0) is 37.3 Å². The normalized spacial score (nSPS) is 10.6. The Labute approximate surface area is 152 Å². The van der Waals surface area contributed by atoms with E-state index in [-0.39, 0.29) is 5.57 Å². The zero-order valence-corrected chi connectivity index (χ0v) is 14.9. The molecule has 0 radical (unpaired) electrons. The summed E-state index contributed by atoms with van der Waals surface area (Å²) in [6.45, 7) is 2.33. The second-order valence-corrected chi connectivity index (χ2v) is 5.16. The zero-order chi connectivity index (χ0) is 18.9. The van der Waals surface area contributed by atoms with Crippen LogP contribution in [-0.2, 0) is 4.79 Å². The molecule has 0 fully saturated rings. The predicted molar refractivity (Wildman–Crippen MR) is 99.4 cm³/mol. The van der Waals surface area contributed by atoms with Crippen molar-refractivity contribution in [2.75, 3.05) is 26.1 Å². The first-order valence-electron chi connectivity index (χ1n) is 8.00. The smallest absolute Gasteiger partial charge is 0.266 e. The summed E-state index contributed by atoms with van der Waals surface area (Å²) in [7, 11) is 3.06. The third kappa shape index (κ3) is 4.54. The van der Waals surface area contributed by atoms with Crippen molar-refractivity contribution >= 4 is 17.7 Å². The summed E-state index contributed by atoms with van der Waals surface area (Å²) in [6.07, 6.45) is 1.47. The monoisotopic (exact) mass is 352 g/mol. The Balaban J connectivity index is 2.30. The van der Waals surface area contributed by atoms with Crippen LogP contribution in [0.15, 0.2) is 48.0 Å². The van der Waals surface area contributed by atoms with Gasteiger partial charge in [0.2, 0.25) is 0 Å². The fourth-order valence-corrected chi connectivity index (χ4v) is 2.28. The number of carbonyl (C=O) groups is 1. The molecule has 2 aromatic carbocycles. The van der Waals surface area contributed by atoms with Crippen LogP contribution in [0.4, 0.5) is 5.69 Å². The third-order valence-corrected chi connectivity index (χ3v) is 3.54. The van der Waals surface area contributed by atoms with Crippen molar-refractivity contribution in [3.8, 4) is 23.3 Å². The number of nitriles is 1. The molecule has 6 nitrogen and oxygen atoms in total. The summed E-state index contributed by atoms with van der Waals surface area (Å²) in [5.74, 6) is 1.13. The molecule has 0 aromatic heterocycles. The highest BCUT2D eigenvalue weighted by Crippen LogP contribution is 2.27. The topological polar surface area (TPSA) is 80.6 Å². The standard InChI is InChI=1S/C20H20N2O4/c1-4-26-18-8-6-5-7-17(18)22-20(23)15(13-21)11-14-9-10-16(24-2)12-19(14)25-3/h5-12H,4H2,1-3H3,(H,22,23). The molecule has 0 aliphatic carbocycles. The van der Waals surface area contributed by atoms with E-state index < -0.39 is 5.91 Å². The van der Waals surface area contributed by atoms with E-state index in [4.69, 9.17) is 14.2 Å². The van der Waals surface area contributed by atoms with E-state index >= 15 is 0 Å². The van der Waals surface area contributed by atoms with E-state index in [0.717, 1.165) is 0 Å². The van der Waals surface area contributed by atoms with Gasteiger partial charge in [-0.2, -0.15) is 5.26 Å². The number of carbonyl (C=O) groups excluding carboxylic acids is 1. The molecule has 134 valence electrons. The maximum atomic E-state index is 12.5. The van der Waals surface area contributed by atoms with Gasteiger partial charge in [-0.3, -0.25) is 4.79 Å². The Morgan fingerprint density at radius 1 is 1.15 bits per heavy atom. The maximum Gasteiger partial charge on any atom is 0.266 e. The van der Waals surface area contributed by atoms with Gasteiger partial charge in [0.25, 0.3) is 5.91 Å². The average molecular weight is 352 g/mol. The summed E-state index contributed by atoms with van der Waals surface area (Å²) in [5, 5.41) is 12.1. The average Bonchev–Trinajstić information content (AvgIpc) is 2.67. The number of para-hydroxylation sites is 2. The number of benzene rings is 2. The molecule has 0 saturated carbocycles. The highest BCUT2D eigenvalue weighted by atomic mass is 16.5. The fourth-order valence-electron chi connectivity index (χ4n) is 2.28. The second kappa shape index (κ2) is 9.14. The summed E-state index contributed by atoms with van der Waals surface area (Å²) in [4.78, 5) is 12.5. The number of ether oxygens (including phenoxy) is 3. The first kappa shape index (κ1) is 18.9. The van der Waals surface area contributed by atoms with Gasteiger partial charge in [0, 0.05) is 11.6 Å². The summed E-state index contributed by atoms with van der Waals surface area (Å²) < 4.78 is 15.9. The van der Waals surface area contributed by atoms with Gasteiger partial charge in [0.05, 0.1) is 26.5 Å². The first-order valence-corrected chi connectivity index (χ1v) is 8.00. The predicted octanol–water partition coefficient (Wildman–Crippen LogP) is 3.65. The fraction of sp³-hybridized carbons (Fsp3) is 0.200. The van der Waals surface area contributed by atoms with Crippen LogP contribution in [0.3, 0.4) is 0 Å². The van der Waals surface area contributed by atoms with Crippen molar-refractivity contribution < 1.29 is 19.0 Å². The largest absolute Gasteiger partial charge is 0.497 e. The van der Waals surface area contributed by atoms with Gasteiger partial charge in [0.1, 0.15) is 28.9 Å². The van der Waals surface area contributed by atoms with E-state index in [9.17, 15) is 10.1 Å². The third-order valence-electron chi connectivity index (χ3n) is 3.54. The molecule has 0 bridgehead atoms. The maximum absolute atomic E-state index is 12.5. The quantitative estimate of drug-likeness (QED) is 0.608. The van der Waals surface area contributed by atoms with E-state index in [1.54, 1.807) is 43.5 Å². The van der Waals surface area contributed by atoms with Gasteiger partial charge in [-0.1, -0.05) is 12.1 Å². The number of anilines is 1. The molecular formula is C20H20N2O4. The molecule has 1 N–H and O–H groups in total. The molecule has 6 heteroatoms. The highest BCUT2D eigenvalue weighted by molar-refractivity contribution is 6.10. The van der Waals surface area contributed by atoms with E-state index in [1.807, 2.05) is 19.1 Å². The summed E-state index contributed by atoms with van der Waals surface area (Å²) in [6, 6.07) is 14.1. The minimum Gasteiger partial charge on any atom is -0.497 e. The van der Waals surface area contributed by atoms with Crippen LogP contribution in [0, 0.1) is 11.3 Å². The van der Waals surface area contributed by atoms with Crippen LogP contribution < -0.4 is 19.5 Å². The van der Waals surface area contributed by atoms with E-state index in [0.29, 0.717) is 35.1 Å². The molecule has 0 saturated heterocycles. The molecule has 0 spiro atoms. The van der Waals surface area contributed by atoms with Crippen molar-refractivity contribution in [3.05, 3.63) is 53.6 Å². The van der Waals surface area contributed by atoms with Crippen molar-refractivity contribution in [1.29, 1.82) is 5.26 Å². The highest BCUT2D eigenvalue weighted by Gasteiger charge is 2.14. The zero-order valence-electron chi connectivity index (χ0n) is 14.9. The number of nitrogens with zero attached hydrogens (tertiary/aromatic N) is 1. The van der Waals surface area contributed by atoms with Crippen molar-refractivity contribution in [3.63, 3.8) is 0 Å². The molecule has 1 amide bonds. The number of nitrogens with one attached hydrogen (secondary N) is 1. The van der Waals surface area contributed by atoms with Crippen LogP contribution >= 0.6 is 0 Å². The second-order valence-electron chi connectivity index (χ2n) is 5.16. The Bertz CT molecular complexity index is 853. The van der Waals surface area contributed by atoms with Gasteiger partial charge in [-0.25, -0.2) is 0 Å². The molecule has 0 unspecified atom stereocenters. The molecule has 0 atom stereocenters. The van der Waals surface area contributed by atoms with Gasteiger partial charge < -0.3 is 19.5 Å². The Morgan fingerprint density at radius 3 is 2.58 bits per heavy atom. The van der Waals surface area contributed by atoms with Gasteiger partial charge in [0.15, 0.2) is 0 Å². The number of rotatable bonds is 7. The molecule has 2 rings (SSSR count). The van der Waals surface area contributed by atoms with E-state index in [2.05, 4.69) is 5.32 Å². The van der Waals surface area contributed by atoms with E-state index in [1.165, 1.54) is 13.2 Å². The number of methoxy groups -OCH3 is 2. The van der Waals surface area contributed by atoms with Crippen LogP contribution in [-0.4, -0.2) is 26.7 Å². The minimum atomic E-state index is -0.530. The van der Waals surface area contributed by atoms with Crippen LogP contribution in [0.25, 0.3) is 6.08 Å². The molecular weight excluding hydrogens is 332 g/mol. The van der Waals surface area contributed by atoms with Crippen molar-refractivity contribution in [1.82, 2.24) is 0 Å². The summed E-state index contributed by atoms with van der Waals surface area (Å²) >= 11 is 0. The van der Waals surface area contributed by atoms with Gasteiger partial charge >= 0.3 is 0 Å². The Kier molecular flexibility index (Phi) is 6.63. The lowest BCUT2D eigenvalue weighted by molar-refractivity contribution is -0.112. The lowest BCUT2D eigenvalue weighted by Gasteiger charge is -2.11. The van der Waals surface area contributed by atoms with Crippen LogP contribution in [0.2, 0.25) is 0 Å². The minimum absolute atomic E-state index is 0.0558. The lowest BCUT2D eigenvalue weighted by Crippen LogP contribution is -2.14.